The number of carbonyl (C=O) groups excluding carboxylic acids is 1. The Hall–Kier alpha value is -1.35. The minimum atomic E-state index is -0.409. The summed E-state index contributed by atoms with van der Waals surface area (Å²) in [6.45, 7) is 9.72. The lowest BCUT2D eigenvalue weighted by Gasteiger charge is -2.30. The van der Waals surface area contributed by atoms with Crippen molar-refractivity contribution in [2.24, 2.45) is 5.73 Å². The SMILES string of the molecule is Cc1cccc(C(=O)NC(C)(C)C(C)N)c1C. The van der Waals surface area contributed by atoms with Gasteiger partial charge in [-0.1, -0.05) is 12.1 Å². The molecule has 0 spiro atoms. The van der Waals surface area contributed by atoms with Crippen molar-refractivity contribution in [3.05, 3.63) is 34.9 Å². The number of aryl methyl sites for hydroxylation is 1. The maximum absolute atomic E-state index is 12.2. The monoisotopic (exact) mass is 234 g/mol. The molecule has 0 aromatic heterocycles. The van der Waals surface area contributed by atoms with E-state index in [1.165, 1.54) is 0 Å². The Kier molecular flexibility index (Phi) is 3.94. The van der Waals surface area contributed by atoms with Gasteiger partial charge in [0.2, 0.25) is 0 Å². The quantitative estimate of drug-likeness (QED) is 0.842. The largest absolute Gasteiger partial charge is 0.346 e. The summed E-state index contributed by atoms with van der Waals surface area (Å²) in [6.07, 6.45) is 0. The van der Waals surface area contributed by atoms with E-state index in [1.54, 1.807) is 0 Å². The Balaban J connectivity index is 2.95. The molecule has 3 nitrogen and oxygen atoms in total. The van der Waals surface area contributed by atoms with Gasteiger partial charge in [0.25, 0.3) is 5.91 Å². The molecule has 0 aliphatic carbocycles. The first-order valence-corrected chi connectivity index (χ1v) is 5.90. The molecule has 1 amide bonds. The molecule has 1 rings (SSSR count). The molecule has 17 heavy (non-hydrogen) atoms. The third-order valence-electron chi connectivity index (χ3n) is 3.42. The summed E-state index contributed by atoms with van der Waals surface area (Å²) in [7, 11) is 0. The number of benzene rings is 1. The number of rotatable bonds is 3. The summed E-state index contributed by atoms with van der Waals surface area (Å²) in [5, 5.41) is 2.98. The molecule has 0 bridgehead atoms. The minimum absolute atomic E-state index is 0.0616. The number of nitrogens with two attached hydrogens (primary N) is 1. The lowest BCUT2D eigenvalue weighted by molar-refractivity contribution is 0.0902. The van der Waals surface area contributed by atoms with Crippen molar-refractivity contribution in [3.8, 4) is 0 Å². The van der Waals surface area contributed by atoms with Gasteiger partial charge in [-0.05, 0) is 51.8 Å². The standard InChI is InChI=1S/C14H22N2O/c1-9-7-6-8-12(10(9)2)13(17)16-14(4,5)11(3)15/h6-8,11H,15H2,1-5H3,(H,16,17). The van der Waals surface area contributed by atoms with Crippen LogP contribution in [0.25, 0.3) is 0 Å². The van der Waals surface area contributed by atoms with Crippen LogP contribution in [0.1, 0.15) is 42.3 Å². The van der Waals surface area contributed by atoms with Gasteiger partial charge in [-0.2, -0.15) is 0 Å². The van der Waals surface area contributed by atoms with Gasteiger partial charge in [-0.15, -0.1) is 0 Å². The van der Waals surface area contributed by atoms with Gasteiger partial charge in [0.15, 0.2) is 0 Å². The van der Waals surface area contributed by atoms with E-state index in [9.17, 15) is 4.79 Å². The molecule has 1 atom stereocenters. The van der Waals surface area contributed by atoms with Gasteiger partial charge in [-0.3, -0.25) is 4.79 Å². The number of carbonyl (C=O) groups is 1. The van der Waals surface area contributed by atoms with E-state index >= 15 is 0 Å². The highest BCUT2D eigenvalue weighted by Crippen LogP contribution is 2.15. The first-order chi connectivity index (χ1) is 7.75. The van der Waals surface area contributed by atoms with Crippen LogP contribution in [0, 0.1) is 13.8 Å². The summed E-state index contributed by atoms with van der Waals surface area (Å²) >= 11 is 0. The van der Waals surface area contributed by atoms with Crippen LogP contribution in [-0.2, 0) is 0 Å². The van der Waals surface area contributed by atoms with Crippen LogP contribution in [0.2, 0.25) is 0 Å². The Bertz CT molecular complexity index is 422. The number of hydrogen-bond acceptors (Lipinski definition) is 2. The smallest absolute Gasteiger partial charge is 0.252 e. The number of amides is 1. The lowest BCUT2D eigenvalue weighted by atomic mass is 9.95. The Morgan fingerprint density at radius 3 is 2.47 bits per heavy atom. The first kappa shape index (κ1) is 13.7. The van der Waals surface area contributed by atoms with E-state index < -0.39 is 5.54 Å². The molecule has 0 saturated heterocycles. The van der Waals surface area contributed by atoms with Gasteiger partial charge in [0.1, 0.15) is 0 Å². The van der Waals surface area contributed by atoms with E-state index in [1.807, 2.05) is 52.8 Å². The molecule has 1 aromatic carbocycles. The molecule has 3 N–H and O–H groups in total. The van der Waals surface area contributed by atoms with E-state index in [0.717, 1.165) is 16.7 Å². The Labute approximate surface area is 103 Å². The van der Waals surface area contributed by atoms with Crippen molar-refractivity contribution in [2.45, 2.75) is 46.2 Å². The molecule has 1 unspecified atom stereocenters. The maximum atomic E-state index is 12.2. The molecular weight excluding hydrogens is 212 g/mol. The second-order valence-electron chi connectivity index (χ2n) is 5.21. The van der Waals surface area contributed by atoms with Crippen molar-refractivity contribution in [1.29, 1.82) is 0 Å². The molecule has 94 valence electrons. The molecule has 0 radical (unpaired) electrons. The first-order valence-electron chi connectivity index (χ1n) is 5.90. The zero-order valence-electron chi connectivity index (χ0n) is 11.3. The van der Waals surface area contributed by atoms with Crippen LogP contribution in [0.5, 0.6) is 0 Å². The molecule has 0 fully saturated rings. The fourth-order valence-electron chi connectivity index (χ4n) is 1.47. The van der Waals surface area contributed by atoms with Crippen LogP contribution in [0.4, 0.5) is 0 Å². The van der Waals surface area contributed by atoms with Gasteiger partial charge < -0.3 is 11.1 Å². The third-order valence-corrected chi connectivity index (χ3v) is 3.42. The van der Waals surface area contributed by atoms with E-state index in [4.69, 9.17) is 5.73 Å². The average molecular weight is 234 g/mol. The van der Waals surface area contributed by atoms with Crippen molar-refractivity contribution in [3.63, 3.8) is 0 Å². The summed E-state index contributed by atoms with van der Waals surface area (Å²) in [4.78, 5) is 12.2. The fourth-order valence-corrected chi connectivity index (χ4v) is 1.47. The molecule has 3 heteroatoms. The van der Waals surface area contributed by atoms with Gasteiger partial charge in [0, 0.05) is 17.1 Å². The summed E-state index contributed by atoms with van der Waals surface area (Å²) < 4.78 is 0. The van der Waals surface area contributed by atoms with E-state index in [2.05, 4.69) is 5.32 Å². The molecule has 1 aromatic rings. The zero-order valence-corrected chi connectivity index (χ0v) is 11.3. The van der Waals surface area contributed by atoms with Crippen LogP contribution in [0.15, 0.2) is 18.2 Å². The lowest BCUT2D eigenvalue weighted by Crippen LogP contribution is -2.54. The fraction of sp³-hybridized carbons (Fsp3) is 0.500. The average Bonchev–Trinajstić information content (AvgIpc) is 2.21. The molecule has 0 saturated carbocycles. The topological polar surface area (TPSA) is 55.1 Å². The van der Waals surface area contributed by atoms with Gasteiger partial charge in [-0.25, -0.2) is 0 Å². The van der Waals surface area contributed by atoms with Crippen LogP contribution < -0.4 is 11.1 Å². The van der Waals surface area contributed by atoms with E-state index in [-0.39, 0.29) is 11.9 Å². The van der Waals surface area contributed by atoms with Crippen molar-refractivity contribution in [2.75, 3.05) is 0 Å². The van der Waals surface area contributed by atoms with Crippen molar-refractivity contribution >= 4 is 5.91 Å². The maximum Gasteiger partial charge on any atom is 0.252 e. The van der Waals surface area contributed by atoms with Crippen LogP contribution in [-0.4, -0.2) is 17.5 Å². The predicted octanol–water partition coefficient (Wildman–Crippen LogP) is 2.16. The second kappa shape index (κ2) is 4.88. The molecule has 0 aliphatic heterocycles. The van der Waals surface area contributed by atoms with Crippen LogP contribution in [0.3, 0.4) is 0 Å². The van der Waals surface area contributed by atoms with Gasteiger partial charge in [0.05, 0.1) is 0 Å². The highest BCUT2D eigenvalue weighted by atomic mass is 16.1. The Morgan fingerprint density at radius 1 is 1.35 bits per heavy atom. The normalized spacial score (nSPS) is 13.3. The number of hydrogen-bond donors (Lipinski definition) is 2. The van der Waals surface area contributed by atoms with Crippen molar-refractivity contribution in [1.82, 2.24) is 5.32 Å². The Morgan fingerprint density at radius 2 is 1.94 bits per heavy atom. The minimum Gasteiger partial charge on any atom is -0.346 e. The summed E-state index contributed by atoms with van der Waals surface area (Å²) in [5.41, 5.74) is 8.30. The van der Waals surface area contributed by atoms with Crippen molar-refractivity contribution < 1.29 is 4.79 Å². The zero-order chi connectivity index (χ0) is 13.2. The number of nitrogens with one attached hydrogen (secondary N) is 1. The van der Waals surface area contributed by atoms with E-state index in [0.29, 0.717) is 0 Å². The van der Waals surface area contributed by atoms with Gasteiger partial charge >= 0.3 is 0 Å². The summed E-state index contributed by atoms with van der Waals surface area (Å²) in [6, 6.07) is 5.64. The summed E-state index contributed by atoms with van der Waals surface area (Å²) in [5.74, 6) is -0.0616. The van der Waals surface area contributed by atoms with Crippen LogP contribution >= 0.6 is 0 Å². The second-order valence-corrected chi connectivity index (χ2v) is 5.21. The third kappa shape index (κ3) is 3.07. The highest BCUT2D eigenvalue weighted by Gasteiger charge is 2.25. The highest BCUT2D eigenvalue weighted by molar-refractivity contribution is 5.96. The molecular formula is C14H22N2O. The molecule has 0 heterocycles. The molecule has 0 aliphatic rings. The predicted molar refractivity (Wildman–Crippen MR) is 71.1 cm³/mol.